The molecule has 4 aromatic carbocycles. The first kappa shape index (κ1) is 24.4. The van der Waals surface area contributed by atoms with Gasteiger partial charge in [-0.15, -0.1) is 22.7 Å². The molecule has 7 aromatic rings. The summed E-state index contributed by atoms with van der Waals surface area (Å²) in [5.41, 5.74) is 8.18. The monoisotopic (exact) mass is 545 g/mol. The van der Waals surface area contributed by atoms with Crippen LogP contribution in [-0.4, -0.2) is 9.97 Å². The average Bonchev–Trinajstić information content (AvgIpc) is 3.66. The second-order valence-corrected chi connectivity index (χ2v) is 13.1. The molecule has 0 bridgehead atoms. The predicted octanol–water partition coefficient (Wildman–Crippen LogP) is 11.0. The van der Waals surface area contributed by atoms with Crippen LogP contribution in [-0.2, 0) is 0 Å². The number of hydrogen-bond acceptors (Lipinski definition) is 4. The number of rotatable bonds is 5. The van der Waals surface area contributed by atoms with Crippen molar-refractivity contribution in [1.82, 2.24) is 9.97 Å². The third kappa shape index (κ3) is 3.79. The molecule has 0 aliphatic carbocycles. The molecule has 0 aliphatic heterocycles. The van der Waals surface area contributed by atoms with Crippen LogP contribution in [0.5, 0.6) is 0 Å². The summed E-state index contributed by atoms with van der Waals surface area (Å²) >= 11 is 3.67. The van der Waals surface area contributed by atoms with E-state index in [0.29, 0.717) is 11.8 Å². The molecule has 0 saturated carbocycles. The Labute approximate surface area is 236 Å². The van der Waals surface area contributed by atoms with Gasteiger partial charge >= 0.3 is 0 Å². The summed E-state index contributed by atoms with van der Waals surface area (Å²) in [7, 11) is 0. The number of anilines is 1. The maximum Gasteiger partial charge on any atom is 0.109 e. The molecule has 0 saturated heterocycles. The summed E-state index contributed by atoms with van der Waals surface area (Å²) in [6, 6.07) is 20.5. The van der Waals surface area contributed by atoms with Crippen LogP contribution in [0.4, 0.5) is 5.69 Å². The van der Waals surface area contributed by atoms with E-state index in [1.54, 1.807) is 0 Å². The van der Waals surface area contributed by atoms with Crippen LogP contribution >= 0.6 is 22.7 Å². The number of hydrogen-bond donors (Lipinski definition) is 2. The van der Waals surface area contributed by atoms with Crippen LogP contribution in [0.15, 0.2) is 72.3 Å². The Balaban J connectivity index is 1.40. The van der Waals surface area contributed by atoms with E-state index in [1.807, 2.05) is 22.7 Å². The zero-order valence-electron chi connectivity index (χ0n) is 22.9. The minimum absolute atomic E-state index is 0.365. The summed E-state index contributed by atoms with van der Waals surface area (Å²) in [5, 5.41) is 12.3. The second-order valence-electron chi connectivity index (χ2n) is 11.2. The van der Waals surface area contributed by atoms with Crippen LogP contribution in [0.1, 0.15) is 45.0 Å². The van der Waals surface area contributed by atoms with Crippen molar-refractivity contribution < 1.29 is 0 Å². The summed E-state index contributed by atoms with van der Waals surface area (Å²) in [4.78, 5) is 8.47. The van der Waals surface area contributed by atoms with Crippen LogP contribution in [0.2, 0.25) is 0 Å². The molecule has 0 aliphatic rings. The van der Waals surface area contributed by atoms with Crippen molar-refractivity contribution >= 4 is 80.4 Å². The van der Waals surface area contributed by atoms with Crippen molar-refractivity contribution in [1.29, 1.82) is 0 Å². The summed E-state index contributed by atoms with van der Waals surface area (Å²) in [5.74, 6) is 1.79. The van der Waals surface area contributed by atoms with Gasteiger partial charge in [0.1, 0.15) is 11.3 Å². The van der Waals surface area contributed by atoms with E-state index >= 15 is 0 Å². The Bertz CT molecular complexity index is 2080. The van der Waals surface area contributed by atoms with E-state index in [-0.39, 0.29) is 0 Å². The smallest absolute Gasteiger partial charge is 0.109 e. The lowest BCUT2D eigenvalue weighted by Gasteiger charge is -2.19. The molecule has 2 N–H and O–H groups in total. The number of nitrogens with one attached hydrogen (secondary N) is 2. The normalized spacial score (nSPS) is 12.3. The third-order valence-electron chi connectivity index (χ3n) is 7.95. The first-order valence-corrected chi connectivity index (χ1v) is 15.2. The number of benzene rings is 4. The van der Waals surface area contributed by atoms with Crippen molar-refractivity contribution in [3.63, 3.8) is 0 Å². The van der Waals surface area contributed by atoms with Gasteiger partial charge in [-0.05, 0) is 64.6 Å². The fraction of sp³-hybridized carbons (Fsp3) is 0.206. The van der Waals surface area contributed by atoms with Gasteiger partial charge in [0.2, 0.25) is 0 Å². The molecule has 3 aromatic heterocycles. The minimum Gasteiger partial charge on any atom is -0.358 e. The predicted molar refractivity (Wildman–Crippen MR) is 174 cm³/mol. The molecule has 194 valence electrons. The topological polar surface area (TPSA) is 40.7 Å². The zero-order valence-corrected chi connectivity index (χ0v) is 24.5. The maximum atomic E-state index is 4.96. The Hall–Kier alpha value is -3.67. The quantitative estimate of drug-likeness (QED) is 0.226. The van der Waals surface area contributed by atoms with Crippen LogP contribution < -0.4 is 5.32 Å². The number of H-pyrrole nitrogens is 1. The fourth-order valence-electron chi connectivity index (χ4n) is 5.52. The highest BCUT2D eigenvalue weighted by Gasteiger charge is 2.17. The standard InChI is InChI=1S/C34H31N3S2/c1-17(2)20(6)35-30-19(5)23-13-14-38-32(23)27-15-21(8-10-25(27)30)22-7-9-24-26-11-12-28-31(33(26)39-29(24)16-22)37-34(36-28)18(3)4/h7-18,35H,6H2,1-5H3,(H,36,37). The van der Waals surface area contributed by atoms with Crippen molar-refractivity contribution in [3.8, 4) is 11.1 Å². The van der Waals surface area contributed by atoms with Gasteiger partial charge < -0.3 is 10.3 Å². The Morgan fingerprint density at radius 3 is 2.36 bits per heavy atom. The van der Waals surface area contributed by atoms with Crippen molar-refractivity contribution in [2.45, 2.75) is 40.5 Å². The van der Waals surface area contributed by atoms with Crippen LogP contribution in [0.3, 0.4) is 0 Å². The molecular weight excluding hydrogens is 515 g/mol. The van der Waals surface area contributed by atoms with E-state index < -0.39 is 0 Å². The summed E-state index contributed by atoms with van der Waals surface area (Å²) in [6.45, 7) is 15.2. The van der Waals surface area contributed by atoms with Gasteiger partial charge in [0.15, 0.2) is 0 Å². The van der Waals surface area contributed by atoms with Crippen molar-refractivity contribution in [2.75, 3.05) is 5.32 Å². The number of aryl methyl sites for hydroxylation is 1. The molecule has 0 amide bonds. The van der Waals surface area contributed by atoms with E-state index in [9.17, 15) is 0 Å². The maximum absolute atomic E-state index is 4.96. The number of fused-ring (bicyclic) bond motifs is 8. The molecule has 3 heterocycles. The highest BCUT2D eigenvalue weighted by atomic mass is 32.1. The summed E-state index contributed by atoms with van der Waals surface area (Å²) in [6.07, 6.45) is 0. The highest BCUT2D eigenvalue weighted by molar-refractivity contribution is 7.26. The first-order chi connectivity index (χ1) is 18.8. The molecule has 5 heteroatoms. The molecule has 7 rings (SSSR count). The largest absolute Gasteiger partial charge is 0.358 e. The minimum atomic E-state index is 0.365. The van der Waals surface area contributed by atoms with Gasteiger partial charge in [-0.25, -0.2) is 4.98 Å². The number of aromatic nitrogens is 2. The second kappa shape index (κ2) is 8.94. The third-order valence-corrected chi connectivity index (χ3v) is 10.1. The molecular formula is C34H31N3S2. The van der Waals surface area contributed by atoms with E-state index in [2.05, 4.69) is 111 Å². The van der Waals surface area contributed by atoms with E-state index in [1.165, 1.54) is 63.4 Å². The molecule has 39 heavy (non-hydrogen) atoms. The number of nitrogens with zero attached hydrogens (tertiary/aromatic N) is 1. The van der Waals surface area contributed by atoms with Gasteiger partial charge in [0.05, 0.1) is 10.2 Å². The number of aromatic amines is 1. The molecule has 0 unspecified atom stereocenters. The fourth-order valence-corrected chi connectivity index (χ4v) is 7.74. The van der Waals surface area contributed by atoms with Crippen LogP contribution in [0, 0.1) is 12.8 Å². The molecule has 0 fully saturated rings. The van der Waals surface area contributed by atoms with Crippen LogP contribution in [0.25, 0.3) is 63.2 Å². The first-order valence-electron chi connectivity index (χ1n) is 13.5. The SMILES string of the molecule is C=C(Nc1c(C)c2ccsc2c2cc(-c3ccc4c(c3)sc3c4ccc4[nH]c(C(C)C)nc43)ccc12)C(C)C. The lowest BCUT2D eigenvalue weighted by molar-refractivity contribution is 0.778. The molecule has 0 spiro atoms. The molecule has 0 radical (unpaired) electrons. The van der Waals surface area contributed by atoms with Gasteiger partial charge in [-0.1, -0.05) is 64.6 Å². The van der Waals surface area contributed by atoms with Gasteiger partial charge in [0.25, 0.3) is 0 Å². The lowest BCUT2D eigenvalue weighted by Crippen LogP contribution is -2.06. The van der Waals surface area contributed by atoms with Crippen molar-refractivity contribution in [3.05, 3.63) is 83.6 Å². The molecule has 0 atom stereocenters. The van der Waals surface area contributed by atoms with Gasteiger partial charge in [-0.3, -0.25) is 0 Å². The van der Waals surface area contributed by atoms with Crippen molar-refractivity contribution in [2.24, 2.45) is 5.92 Å². The highest BCUT2D eigenvalue weighted by Crippen LogP contribution is 2.43. The van der Waals surface area contributed by atoms with Gasteiger partial charge in [0, 0.05) is 48.2 Å². The zero-order chi connectivity index (χ0) is 27.0. The lowest BCUT2D eigenvalue weighted by atomic mass is 9.96. The Morgan fingerprint density at radius 1 is 0.846 bits per heavy atom. The van der Waals surface area contributed by atoms with E-state index in [0.717, 1.165) is 22.6 Å². The average molecular weight is 546 g/mol. The molecule has 3 nitrogen and oxygen atoms in total. The number of allylic oxidation sites excluding steroid dienone is 1. The number of imidazole rings is 1. The van der Waals surface area contributed by atoms with Gasteiger partial charge in [-0.2, -0.15) is 0 Å². The van der Waals surface area contributed by atoms with E-state index in [4.69, 9.17) is 4.98 Å². The number of thiophene rings is 2. The Morgan fingerprint density at radius 2 is 1.59 bits per heavy atom. The Kier molecular flexibility index (Phi) is 5.58. The summed E-state index contributed by atoms with van der Waals surface area (Å²) < 4.78 is 3.90.